The molecule has 1 aromatic carbocycles. The summed E-state index contributed by atoms with van der Waals surface area (Å²) in [6, 6.07) is 14.8. The second-order valence-electron chi connectivity index (χ2n) is 6.17. The van der Waals surface area contributed by atoms with Gasteiger partial charge in [-0.3, -0.25) is 4.98 Å². The average Bonchev–Trinajstić information content (AvgIpc) is 2.58. The van der Waals surface area contributed by atoms with E-state index in [0.717, 1.165) is 38.8 Å². The Morgan fingerprint density at radius 3 is 2.43 bits per heavy atom. The van der Waals surface area contributed by atoms with Gasteiger partial charge in [0.25, 0.3) is 0 Å². The van der Waals surface area contributed by atoms with Gasteiger partial charge in [-0.05, 0) is 69.6 Å². The quantitative estimate of drug-likeness (QED) is 0.617. The van der Waals surface area contributed by atoms with Crippen LogP contribution in [0, 0.1) is 0 Å². The van der Waals surface area contributed by atoms with E-state index in [9.17, 15) is 0 Å². The van der Waals surface area contributed by atoms with Crippen LogP contribution in [0.5, 0.6) is 0 Å². The Hall–Kier alpha value is -1.71. The molecule has 0 saturated heterocycles. The number of aryl methyl sites for hydroxylation is 1. The number of hydrogen-bond donors (Lipinski definition) is 0. The van der Waals surface area contributed by atoms with Crippen molar-refractivity contribution in [2.24, 2.45) is 0 Å². The van der Waals surface area contributed by atoms with E-state index in [1.54, 1.807) is 0 Å². The van der Waals surface area contributed by atoms with Gasteiger partial charge < -0.3 is 9.64 Å². The van der Waals surface area contributed by atoms with Crippen LogP contribution >= 0.6 is 0 Å². The van der Waals surface area contributed by atoms with E-state index < -0.39 is 0 Å². The third-order valence-corrected chi connectivity index (χ3v) is 3.92. The molecule has 0 radical (unpaired) electrons. The third kappa shape index (κ3) is 6.93. The van der Waals surface area contributed by atoms with Crippen LogP contribution in [0.25, 0.3) is 0 Å². The Morgan fingerprint density at radius 2 is 1.74 bits per heavy atom. The van der Waals surface area contributed by atoms with Gasteiger partial charge in [-0.2, -0.15) is 0 Å². The zero-order valence-corrected chi connectivity index (χ0v) is 14.3. The lowest BCUT2D eigenvalue weighted by Crippen LogP contribution is -2.16. The predicted octanol–water partition coefficient (Wildman–Crippen LogP) is 4.11. The molecule has 0 amide bonds. The topological polar surface area (TPSA) is 25.4 Å². The van der Waals surface area contributed by atoms with E-state index in [1.807, 2.05) is 12.4 Å². The summed E-state index contributed by atoms with van der Waals surface area (Å²) >= 11 is 0. The normalized spacial score (nSPS) is 12.5. The first-order valence-corrected chi connectivity index (χ1v) is 8.46. The first-order chi connectivity index (χ1) is 11.3. The van der Waals surface area contributed by atoms with Crippen LogP contribution in [0.15, 0.2) is 54.9 Å². The van der Waals surface area contributed by atoms with Crippen molar-refractivity contribution in [3.8, 4) is 0 Å². The molecule has 1 heterocycles. The van der Waals surface area contributed by atoms with Crippen LogP contribution < -0.4 is 0 Å². The lowest BCUT2D eigenvalue weighted by atomic mass is 10.0. The third-order valence-electron chi connectivity index (χ3n) is 3.92. The van der Waals surface area contributed by atoms with Crippen molar-refractivity contribution >= 4 is 0 Å². The molecule has 0 aliphatic heterocycles. The van der Waals surface area contributed by atoms with Crippen molar-refractivity contribution in [2.75, 3.05) is 27.2 Å². The van der Waals surface area contributed by atoms with Gasteiger partial charge in [0.15, 0.2) is 0 Å². The molecule has 2 aromatic rings. The Bertz CT molecular complexity index is 528. The first kappa shape index (κ1) is 17.6. The highest BCUT2D eigenvalue weighted by Gasteiger charge is 2.11. The van der Waals surface area contributed by atoms with Gasteiger partial charge in [-0.15, -0.1) is 0 Å². The lowest BCUT2D eigenvalue weighted by Gasteiger charge is -2.19. The summed E-state index contributed by atoms with van der Waals surface area (Å²) in [5.74, 6) is 0. The Labute approximate surface area is 140 Å². The number of nitrogens with zero attached hydrogens (tertiary/aromatic N) is 2. The highest BCUT2D eigenvalue weighted by Crippen LogP contribution is 2.23. The molecular weight excluding hydrogens is 284 g/mol. The van der Waals surface area contributed by atoms with Gasteiger partial charge >= 0.3 is 0 Å². The largest absolute Gasteiger partial charge is 0.373 e. The molecule has 23 heavy (non-hydrogen) atoms. The average molecular weight is 312 g/mol. The summed E-state index contributed by atoms with van der Waals surface area (Å²) in [5, 5.41) is 0. The van der Waals surface area contributed by atoms with E-state index in [2.05, 4.69) is 66.4 Å². The summed E-state index contributed by atoms with van der Waals surface area (Å²) in [7, 11) is 4.19. The molecule has 0 N–H and O–H groups in total. The zero-order valence-electron chi connectivity index (χ0n) is 14.3. The number of ether oxygens (including phenoxy) is 1. The highest BCUT2D eigenvalue weighted by molar-refractivity contribution is 5.16. The molecule has 3 nitrogen and oxygen atoms in total. The molecule has 0 spiro atoms. The van der Waals surface area contributed by atoms with Crippen molar-refractivity contribution in [3.05, 3.63) is 66.0 Å². The van der Waals surface area contributed by atoms with Crippen LogP contribution in [0.3, 0.4) is 0 Å². The molecule has 124 valence electrons. The zero-order chi connectivity index (χ0) is 16.3. The van der Waals surface area contributed by atoms with Gasteiger partial charge in [0.2, 0.25) is 0 Å². The maximum Gasteiger partial charge on any atom is 0.0826 e. The smallest absolute Gasteiger partial charge is 0.0826 e. The summed E-state index contributed by atoms with van der Waals surface area (Å²) in [5.41, 5.74) is 2.63. The van der Waals surface area contributed by atoms with Crippen molar-refractivity contribution in [1.82, 2.24) is 9.88 Å². The maximum absolute atomic E-state index is 6.16. The molecule has 0 fully saturated rings. The second-order valence-corrected chi connectivity index (χ2v) is 6.17. The Kier molecular flexibility index (Phi) is 7.78. The lowest BCUT2D eigenvalue weighted by molar-refractivity contribution is 0.0409. The highest BCUT2D eigenvalue weighted by atomic mass is 16.5. The molecule has 0 bridgehead atoms. The molecule has 0 saturated carbocycles. The van der Waals surface area contributed by atoms with E-state index in [4.69, 9.17) is 4.74 Å². The van der Waals surface area contributed by atoms with E-state index in [0.29, 0.717) is 0 Å². The summed E-state index contributed by atoms with van der Waals surface area (Å²) < 4.78 is 6.16. The Balaban J connectivity index is 1.83. The number of hydrogen-bond acceptors (Lipinski definition) is 3. The number of benzene rings is 1. The number of rotatable bonds is 10. The van der Waals surface area contributed by atoms with E-state index in [-0.39, 0.29) is 6.10 Å². The predicted molar refractivity (Wildman–Crippen MR) is 95.5 cm³/mol. The molecular formula is C20H28N2O. The van der Waals surface area contributed by atoms with Gasteiger partial charge in [-0.1, -0.05) is 30.3 Å². The molecule has 0 aliphatic carbocycles. The minimum absolute atomic E-state index is 0.170. The van der Waals surface area contributed by atoms with Gasteiger partial charge in [0, 0.05) is 19.0 Å². The summed E-state index contributed by atoms with van der Waals surface area (Å²) in [4.78, 5) is 6.31. The van der Waals surface area contributed by atoms with Crippen LogP contribution in [0.4, 0.5) is 0 Å². The minimum Gasteiger partial charge on any atom is -0.373 e. The number of pyridine rings is 1. The molecule has 1 aromatic heterocycles. The van der Waals surface area contributed by atoms with E-state index >= 15 is 0 Å². The molecule has 1 unspecified atom stereocenters. The number of aromatic nitrogens is 1. The Morgan fingerprint density at radius 1 is 1.00 bits per heavy atom. The fourth-order valence-electron chi connectivity index (χ4n) is 2.67. The molecule has 1 atom stereocenters. The second kappa shape index (κ2) is 10.1. The van der Waals surface area contributed by atoms with E-state index in [1.165, 1.54) is 11.1 Å². The minimum atomic E-state index is 0.170. The van der Waals surface area contributed by atoms with Crippen molar-refractivity contribution in [1.29, 1.82) is 0 Å². The fraction of sp³-hybridized carbons (Fsp3) is 0.450. The van der Waals surface area contributed by atoms with Gasteiger partial charge in [-0.25, -0.2) is 0 Å². The SMILES string of the molecule is CN(C)CCCOC(CCCc1ccccc1)c1ccncc1. The van der Waals surface area contributed by atoms with Crippen LogP contribution in [-0.4, -0.2) is 37.1 Å². The van der Waals surface area contributed by atoms with Crippen LogP contribution in [0.2, 0.25) is 0 Å². The molecule has 2 rings (SSSR count). The standard InChI is InChI=1S/C20H28N2O/c1-22(2)16-7-17-23-20(19-12-14-21-15-13-19)11-6-10-18-8-4-3-5-9-18/h3-5,8-9,12-15,20H,6-7,10-11,16-17H2,1-2H3. The van der Waals surface area contributed by atoms with Crippen molar-refractivity contribution in [2.45, 2.75) is 31.8 Å². The van der Waals surface area contributed by atoms with Gasteiger partial charge in [0.1, 0.15) is 0 Å². The maximum atomic E-state index is 6.16. The van der Waals surface area contributed by atoms with Crippen LogP contribution in [0.1, 0.15) is 36.5 Å². The fourth-order valence-corrected chi connectivity index (χ4v) is 2.67. The molecule has 3 heteroatoms. The monoisotopic (exact) mass is 312 g/mol. The van der Waals surface area contributed by atoms with Crippen molar-refractivity contribution < 1.29 is 4.74 Å². The van der Waals surface area contributed by atoms with Crippen LogP contribution in [-0.2, 0) is 11.2 Å². The van der Waals surface area contributed by atoms with Crippen molar-refractivity contribution in [3.63, 3.8) is 0 Å². The first-order valence-electron chi connectivity index (χ1n) is 8.46. The van der Waals surface area contributed by atoms with Gasteiger partial charge in [0.05, 0.1) is 6.10 Å². The summed E-state index contributed by atoms with van der Waals surface area (Å²) in [6.07, 6.45) is 8.21. The summed E-state index contributed by atoms with van der Waals surface area (Å²) in [6.45, 7) is 1.86. The molecule has 0 aliphatic rings.